The van der Waals surface area contributed by atoms with E-state index in [0.29, 0.717) is 24.8 Å². The molecule has 5 nitrogen and oxygen atoms in total. The fourth-order valence-electron chi connectivity index (χ4n) is 7.98. The largest absolute Gasteiger partial charge is 0.463 e. The van der Waals surface area contributed by atoms with Crippen LogP contribution in [0, 0.1) is 28.6 Å². The van der Waals surface area contributed by atoms with Crippen molar-refractivity contribution >= 4 is 11.9 Å². The van der Waals surface area contributed by atoms with Crippen LogP contribution in [0.2, 0.25) is 0 Å². The van der Waals surface area contributed by atoms with Gasteiger partial charge in [-0.1, -0.05) is 51.5 Å². The summed E-state index contributed by atoms with van der Waals surface area (Å²) in [5.41, 5.74) is -5.25. The van der Waals surface area contributed by atoms with E-state index in [4.69, 9.17) is 9.47 Å². The number of allylic oxidation sites excluding steroid dienone is 2. The predicted octanol–water partition coefficient (Wildman–Crippen LogP) is 8.60. The second kappa shape index (κ2) is 14.1. The average molecular weight is 645 g/mol. The van der Waals surface area contributed by atoms with Crippen molar-refractivity contribution in [2.75, 3.05) is 0 Å². The quantitative estimate of drug-likeness (QED) is 0.124. The van der Waals surface area contributed by atoms with E-state index in [1.165, 1.54) is 13.8 Å². The van der Waals surface area contributed by atoms with E-state index in [0.717, 1.165) is 25.7 Å². The van der Waals surface area contributed by atoms with E-state index >= 15 is 0 Å². The SMILES string of the molecule is C=C(/C=C\C1(C)CCCC2(C)C(C(C)CC[C@@H](F)C(O)(C(F)(F)F)C(F)(F)F)CCC12)C[C@H](C[C@@H](C)OC(C)=O)OC(C)=O. The maximum atomic E-state index is 14.5. The molecule has 0 amide bonds. The lowest BCUT2D eigenvalue weighted by atomic mass is 9.53. The lowest BCUT2D eigenvalue weighted by Gasteiger charge is -2.51. The zero-order valence-corrected chi connectivity index (χ0v) is 26.4. The van der Waals surface area contributed by atoms with Gasteiger partial charge in [-0.15, -0.1) is 0 Å². The Morgan fingerprint density at radius 2 is 1.55 bits per heavy atom. The monoisotopic (exact) mass is 644 g/mol. The van der Waals surface area contributed by atoms with Crippen molar-refractivity contribution in [3.8, 4) is 0 Å². The molecule has 44 heavy (non-hydrogen) atoms. The standard InChI is InChI=1S/C32H47F7O5/c1-19(17-24(44-23(5)41)18-21(3)43-22(4)40)13-16-28(6)14-8-15-29(7)25(10-11-26(28)29)20(2)9-12-27(33)30(42,31(34,35)36)32(37,38)39/h13,16,20-21,24-27,42H,1,8-12,14-15,17-18H2,2-7H3/b16-13-/t20?,21-,24-,25?,26?,27-,28?,29?/m1/s1. The Kier molecular flexibility index (Phi) is 12.2. The summed E-state index contributed by atoms with van der Waals surface area (Å²) in [5.74, 6) is -1.15. The summed E-state index contributed by atoms with van der Waals surface area (Å²) >= 11 is 0. The molecule has 2 rings (SSSR count). The summed E-state index contributed by atoms with van der Waals surface area (Å²) in [6.07, 6.45) is -9.57. The maximum Gasteiger partial charge on any atom is 0.429 e. The number of carbonyl (C=O) groups excluding carboxylic acids is 2. The number of fused-ring (bicyclic) bond motifs is 1. The molecule has 0 bridgehead atoms. The molecular formula is C32H47F7O5. The summed E-state index contributed by atoms with van der Waals surface area (Å²) in [7, 11) is 0. The second-order valence-electron chi connectivity index (χ2n) is 13.5. The lowest BCUT2D eigenvalue weighted by Crippen LogP contribution is -2.63. The molecule has 0 spiro atoms. The van der Waals surface area contributed by atoms with Gasteiger partial charge in [0.25, 0.3) is 5.60 Å². The molecule has 2 aliphatic rings. The van der Waals surface area contributed by atoms with Crippen LogP contribution in [0.4, 0.5) is 30.7 Å². The number of rotatable bonds is 13. The minimum absolute atomic E-state index is 0.0445. The molecule has 0 saturated heterocycles. The van der Waals surface area contributed by atoms with Crippen LogP contribution in [0.5, 0.6) is 0 Å². The van der Waals surface area contributed by atoms with Gasteiger partial charge in [0.2, 0.25) is 0 Å². The van der Waals surface area contributed by atoms with E-state index in [1.54, 1.807) is 13.8 Å². The number of carbonyl (C=O) groups is 2. The van der Waals surface area contributed by atoms with Crippen molar-refractivity contribution in [1.29, 1.82) is 0 Å². The molecule has 0 heterocycles. The molecule has 0 radical (unpaired) electrons. The summed E-state index contributed by atoms with van der Waals surface area (Å²) in [5, 5.41) is 9.43. The molecule has 0 aromatic carbocycles. The average Bonchev–Trinajstić information content (AvgIpc) is 3.21. The maximum absolute atomic E-state index is 14.5. The van der Waals surface area contributed by atoms with Gasteiger partial charge in [-0.3, -0.25) is 9.59 Å². The predicted molar refractivity (Wildman–Crippen MR) is 151 cm³/mol. The molecule has 2 saturated carbocycles. The lowest BCUT2D eigenvalue weighted by molar-refractivity contribution is -0.385. The van der Waals surface area contributed by atoms with E-state index < -0.39 is 54.7 Å². The molecule has 0 aromatic heterocycles. The van der Waals surface area contributed by atoms with Crippen LogP contribution < -0.4 is 0 Å². The summed E-state index contributed by atoms with van der Waals surface area (Å²) in [6, 6.07) is 0. The van der Waals surface area contributed by atoms with Crippen LogP contribution >= 0.6 is 0 Å². The number of hydrogen-bond acceptors (Lipinski definition) is 5. The molecule has 254 valence electrons. The van der Waals surface area contributed by atoms with Gasteiger partial charge >= 0.3 is 24.3 Å². The van der Waals surface area contributed by atoms with Crippen molar-refractivity contribution in [2.45, 2.75) is 136 Å². The van der Waals surface area contributed by atoms with Crippen LogP contribution in [0.25, 0.3) is 0 Å². The molecule has 0 aromatic rings. The van der Waals surface area contributed by atoms with E-state index in [-0.39, 0.29) is 35.0 Å². The third kappa shape index (κ3) is 8.57. The molecule has 12 heteroatoms. The molecule has 1 N–H and O–H groups in total. The van der Waals surface area contributed by atoms with Crippen LogP contribution in [0.15, 0.2) is 24.3 Å². The minimum atomic E-state index is -6.20. The minimum Gasteiger partial charge on any atom is -0.463 e. The van der Waals surface area contributed by atoms with Crippen molar-refractivity contribution < 1.29 is 54.9 Å². The van der Waals surface area contributed by atoms with Crippen LogP contribution in [0.1, 0.15) is 99.3 Å². The zero-order valence-electron chi connectivity index (χ0n) is 26.4. The van der Waals surface area contributed by atoms with Gasteiger partial charge in [-0.05, 0) is 74.0 Å². The van der Waals surface area contributed by atoms with Gasteiger partial charge in [-0.2, -0.15) is 26.3 Å². The number of halogens is 7. The highest BCUT2D eigenvalue weighted by atomic mass is 19.4. The first-order chi connectivity index (χ1) is 20.0. The van der Waals surface area contributed by atoms with Crippen molar-refractivity contribution in [3.05, 3.63) is 24.3 Å². The smallest absolute Gasteiger partial charge is 0.429 e. The van der Waals surface area contributed by atoms with Gasteiger partial charge in [0.15, 0.2) is 0 Å². The molecule has 8 atom stereocenters. The molecule has 0 aliphatic heterocycles. The van der Waals surface area contributed by atoms with Gasteiger partial charge in [0, 0.05) is 26.7 Å². The number of hydrogen-bond donors (Lipinski definition) is 1. The number of esters is 2. The Labute approximate surface area is 255 Å². The van der Waals surface area contributed by atoms with Crippen LogP contribution in [0.3, 0.4) is 0 Å². The molecular weight excluding hydrogens is 597 g/mol. The Morgan fingerprint density at radius 3 is 2.07 bits per heavy atom. The first-order valence-corrected chi connectivity index (χ1v) is 15.2. The van der Waals surface area contributed by atoms with Gasteiger partial charge in [0.05, 0.1) is 0 Å². The number of ether oxygens (including phenoxy) is 2. The molecule has 2 fully saturated rings. The van der Waals surface area contributed by atoms with Gasteiger partial charge in [-0.25, -0.2) is 4.39 Å². The van der Waals surface area contributed by atoms with E-state index in [2.05, 4.69) is 26.5 Å². The summed E-state index contributed by atoms with van der Waals surface area (Å²) in [6.45, 7) is 14.4. The van der Waals surface area contributed by atoms with E-state index in [9.17, 15) is 45.4 Å². The van der Waals surface area contributed by atoms with Gasteiger partial charge < -0.3 is 14.6 Å². The van der Waals surface area contributed by atoms with Crippen molar-refractivity contribution in [1.82, 2.24) is 0 Å². The highest BCUT2D eigenvalue weighted by Crippen LogP contribution is 2.64. The highest BCUT2D eigenvalue weighted by Gasteiger charge is 2.74. The Bertz CT molecular complexity index is 1040. The third-order valence-corrected chi connectivity index (χ3v) is 10.0. The topological polar surface area (TPSA) is 72.8 Å². The van der Waals surface area contributed by atoms with Crippen LogP contribution in [-0.4, -0.2) is 53.4 Å². The van der Waals surface area contributed by atoms with Gasteiger partial charge in [0.1, 0.15) is 18.4 Å². The van der Waals surface area contributed by atoms with Crippen LogP contribution in [-0.2, 0) is 19.1 Å². The summed E-state index contributed by atoms with van der Waals surface area (Å²) < 4.78 is 104. The molecule has 2 aliphatic carbocycles. The Hall–Kier alpha value is -2.11. The Balaban J connectivity index is 2.13. The normalized spacial score (nSPS) is 29.0. The third-order valence-electron chi connectivity index (χ3n) is 10.0. The fraction of sp³-hybridized carbons (Fsp3) is 0.812. The highest BCUT2D eigenvalue weighted by molar-refractivity contribution is 5.66. The first-order valence-electron chi connectivity index (χ1n) is 15.2. The Morgan fingerprint density at radius 1 is 0.977 bits per heavy atom. The van der Waals surface area contributed by atoms with E-state index in [1.807, 2.05) is 6.08 Å². The van der Waals surface area contributed by atoms with Crippen molar-refractivity contribution in [2.24, 2.45) is 28.6 Å². The van der Waals surface area contributed by atoms with Crippen molar-refractivity contribution in [3.63, 3.8) is 0 Å². The number of alkyl halides is 7. The fourth-order valence-corrected chi connectivity index (χ4v) is 7.98. The zero-order chi connectivity index (χ0) is 33.9. The first kappa shape index (κ1) is 38.1. The molecule has 5 unspecified atom stereocenters. The second-order valence-corrected chi connectivity index (χ2v) is 13.5. The number of aliphatic hydroxyl groups is 1. The summed E-state index contributed by atoms with van der Waals surface area (Å²) in [4.78, 5) is 22.9.